The highest BCUT2D eigenvalue weighted by Crippen LogP contribution is 2.20. The summed E-state index contributed by atoms with van der Waals surface area (Å²) in [6, 6.07) is 5.15. The first-order valence-corrected chi connectivity index (χ1v) is 6.96. The molecule has 1 aromatic carbocycles. The number of nitrogen functional groups attached to an aromatic ring is 1. The van der Waals surface area contributed by atoms with Gasteiger partial charge in [0, 0.05) is 19.8 Å². The van der Waals surface area contributed by atoms with Crippen LogP contribution in [0.5, 0.6) is 0 Å². The summed E-state index contributed by atoms with van der Waals surface area (Å²) in [5.41, 5.74) is 7.76. The topological polar surface area (TPSA) is 73.6 Å². The summed E-state index contributed by atoms with van der Waals surface area (Å²) in [6.07, 6.45) is 0.768. The van der Waals surface area contributed by atoms with Crippen molar-refractivity contribution in [2.45, 2.75) is 33.3 Å². The smallest absolute Gasteiger partial charge is 0.338 e. The summed E-state index contributed by atoms with van der Waals surface area (Å²) in [5.74, 6) is -0.352. The molecule has 112 valence electrons. The van der Waals surface area contributed by atoms with Crippen molar-refractivity contribution in [3.05, 3.63) is 23.8 Å². The van der Waals surface area contributed by atoms with Gasteiger partial charge in [0.2, 0.25) is 0 Å². The molecule has 0 atom stereocenters. The first kappa shape index (κ1) is 16.3. The molecule has 0 aromatic heterocycles. The Labute approximate surface area is 120 Å². The summed E-state index contributed by atoms with van der Waals surface area (Å²) in [5, 5.41) is 3.22. The fraction of sp³-hybridized carbons (Fsp3) is 0.533. The van der Waals surface area contributed by atoms with Gasteiger partial charge in [-0.25, -0.2) is 4.79 Å². The van der Waals surface area contributed by atoms with Gasteiger partial charge in [0.15, 0.2) is 0 Å². The van der Waals surface area contributed by atoms with Crippen molar-refractivity contribution in [2.24, 2.45) is 0 Å². The molecule has 0 radical (unpaired) electrons. The van der Waals surface area contributed by atoms with Gasteiger partial charge in [0.05, 0.1) is 23.0 Å². The first-order valence-electron chi connectivity index (χ1n) is 6.96. The van der Waals surface area contributed by atoms with E-state index in [0.29, 0.717) is 11.3 Å². The number of carbonyl (C=O) groups is 1. The van der Waals surface area contributed by atoms with Crippen molar-refractivity contribution in [1.82, 2.24) is 0 Å². The van der Waals surface area contributed by atoms with E-state index in [1.54, 1.807) is 18.2 Å². The second-order valence-corrected chi connectivity index (χ2v) is 4.73. The van der Waals surface area contributed by atoms with Crippen LogP contribution in [0.1, 0.15) is 37.6 Å². The van der Waals surface area contributed by atoms with Gasteiger partial charge in [-0.05, 0) is 45.4 Å². The largest absolute Gasteiger partial charge is 0.459 e. The Balaban J connectivity index is 2.53. The number of anilines is 2. The molecule has 0 aliphatic rings. The average Bonchev–Trinajstić information content (AvgIpc) is 2.39. The highest BCUT2D eigenvalue weighted by Gasteiger charge is 2.10. The molecule has 3 N–H and O–H groups in total. The number of carbonyl (C=O) groups excluding carboxylic acids is 1. The summed E-state index contributed by atoms with van der Waals surface area (Å²) >= 11 is 0. The lowest BCUT2D eigenvalue weighted by molar-refractivity contribution is 0.0378. The van der Waals surface area contributed by atoms with Crippen molar-refractivity contribution >= 4 is 17.3 Å². The van der Waals surface area contributed by atoms with E-state index in [2.05, 4.69) is 5.32 Å². The maximum atomic E-state index is 11.7. The lowest BCUT2D eigenvalue weighted by Gasteiger charge is -2.12. The Morgan fingerprint density at radius 2 is 2.15 bits per heavy atom. The minimum absolute atomic E-state index is 0.139. The van der Waals surface area contributed by atoms with Crippen LogP contribution < -0.4 is 11.1 Å². The molecule has 0 bridgehead atoms. The summed E-state index contributed by atoms with van der Waals surface area (Å²) in [6.45, 7) is 7.84. The molecule has 0 spiro atoms. The minimum Gasteiger partial charge on any atom is -0.459 e. The van der Waals surface area contributed by atoms with Crippen LogP contribution in [0.15, 0.2) is 18.2 Å². The predicted octanol–water partition coefficient (Wildman–Crippen LogP) is 2.67. The zero-order valence-corrected chi connectivity index (χ0v) is 12.4. The normalized spacial score (nSPS) is 10.6. The van der Waals surface area contributed by atoms with Gasteiger partial charge in [-0.3, -0.25) is 0 Å². The number of nitrogens with two attached hydrogens (primary N) is 1. The van der Waals surface area contributed by atoms with Crippen LogP contribution in [-0.2, 0) is 9.47 Å². The van der Waals surface area contributed by atoms with Gasteiger partial charge in [0.1, 0.15) is 0 Å². The molecule has 0 unspecified atom stereocenters. The second-order valence-electron chi connectivity index (χ2n) is 4.73. The SMILES string of the molecule is CCOCCCNc1ccc(C(=O)OC(C)C)cc1N. The molecule has 0 amide bonds. The fourth-order valence-corrected chi connectivity index (χ4v) is 1.67. The molecule has 0 aliphatic heterocycles. The van der Waals surface area contributed by atoms with Crippen LogP contribution in [0, 0.1) is 0 Å². The number of hydrogen-bond donors (Lipinski definition) is 2. The molecule has 1 rings (SSSR count). The fourth-order valence-electron chi connectivity index (χ4n) is 1.67. The molecule has 1 aromatic rings. The van der Waals surface area contributed by atoms with Crippen molar-refractivity contribution in [3.8, 4) is 0 Å². The minimum atomic E-state index is -0.352. The van der Waals surface area contributed by atoms with E-state index in [1.807, 2.05) is 20.8 Å². The van der Waals surface area contributed by atoms with Crippen molar-refractivity contribution in [2.75, 3.05) is 30.8 Å². The number of rotatable bonds is 8. The van der Waals surface area contributed by atoms with Gasteiger partial charge in [-0.2, -0.15) is 0 Å². The highest BCUT2D eigenvalue weighted by molar-refractivity contribution is 5.92. The van der Waals surface area contributed by atoms with Gasteiger partial charge >= 0.3 is 5.97 Å². The van der Waals surface area contributed by atoms with Crippen LogP contribution in [0.3, 0.4) is 0 Å². The van der Waals surface area contributed by atoms with Crippen LogP contribution in [0.2, 0.25) is 0 Å². The Hall–Kier alpha value is -1.75. The third kappa shape index (κ3) is 5.48. The van der Waals surface area contributed by atoms with Gasteiger partial charge in [0.25, 0.3) is 0 Å². The quantitative estimate of drug-likeness (QED) is 0.435. The predicted molar refractivity (Wildman–Crippen MR) is 81.0 cm³/mol. The number of ether oxygens (including phenoxy) is 2. The summed E-state index contributed by atoms with van der Waals surface area (Å²) in [4.78, 5) is 11.7. The van der Waals surface area contributed by atoms with E-state index < -0.39 is 0 Å². The number of nitrogens with one attached hydrogen (secondary N) is 1. The number of hydrogen-bond acceptors (Lipinski definition) is 5. The van der Waals surface area contributed by atoms with Crippen molar-refractivity contribution in [3.63, 3.8) is 0 Å². The second kappa shape index (κ2) is 8.43. The lowest BCUT2D eigenvalue weighted by Crippen LogP contribution is -2.12. The third-order valence-electron chi connectivity index (χ3n) is 2.62. The maximum absolute atomic E-state index is 11.7. The van der Waals surface area contributed by atoms with Crippen LogP contribution in [0.25, 0.3) is 0 Å². The molecular formula is C15H24N2O3. The Morgan fingerprint density at radius 1 is 1.40 bits per heavy atom. The number of benzene rings is 1. The van der Waals surface area contributed by atoms with Crippen LogP contribution >= 0.6 is 0 Å². The molecule has 5 heteroatoms. The van der Waals surface area contributed by atoms with Crippen molar-refractivity contribution < 1.29 is 14.3 Å². The summed E-state index contributed by atoms with van der Waals surface area (Å²) < 4.78 is 10.4. The molecule has 0 aliphatic carbocycles. The first-order chi connectivity index (χ1) is 9.54. The van der Waals surface area contributed by atoms with E-state index in [0.717, 1.165) is 31.9 Å². The van der Waals surface area contributed by atoms with E-state index in [-0.39, 0.29) is 12.1 Å². The maximum Gasteiger partial charge on any atom is 0.338 e. The zero-order chi connectivity index (χ0) is 15.0. The van der Waals surface area contributed by atoms with E-state index in [4.69, 9.17) is 15.2 Å². The Kier molecular flexibility index (Phi) is 6.87. The average molecular weight is 280 g/mol. The third-order valence-corrected chi connectivity index (χ3v) is 2.62. The molecule has 20 heavy (non-hydrogen) atoms. The monoisotopic (exact) mass is 280 g/mol. The number of esters is 1. The van der Waals surface area contributed by atoms with Crippen LogP contribution in [-0.4, -0.2) is 31.8 Å². The Morgan fingerprint density at radius 3 is 2.75 bits per heavy atom. The van der Waals surface area contributed by atoms with Gasteiger partial charge < -0.3 is 20.5 Å². The van der Waals surface area contributed by atoms with E-state index in [9.17, 15) is 4.79 Å². The molecule has 0 saturated heterocycles. The summed E-state index contributed by atoms with van der Waals surface area (Å²) in [7, 11) is 0. The van der Waals surface area contributed by atoms with Crippen LogP contribution in [0.4, 0.5) is 11.4 Å². The Bertz CT molecular complexity index is 433. The standard InChI is InChI=1S/C15H24N2O3/c1-4-19-9-5-8-17-14-7-6-12(10-13(14)16)15(18)20-11(2)3/h6-7,10-11,17H,4-5,8-9,16H2,1-3H3. The highest BCUT2D eigenvalue weighted by atomic mass is 16.5. The van der Waals surface area contributed by atoms with Crippen molar-refractivity contribution in [1.29, 1.82) is 0 Å². The van der Waals surface area contributed by atoms with Gasteiger partial charge in [-0.1, -0.05) is 0 Å². The van der Waals surface area contributed by atoms with Gasteiger partial charge in [-0.15, -0.1) is 0 Å². The van der Waals surface area contributed by atoms with E-state index in [1.165, 1.54) is 0 Å². The molecule has 0 fully saturated rings. The molecule has 5 nitrogen and oxygen atoms in total. The lowest BCUT2D eigenvalue weighted by atomic mass is 10.1. The molecular weight excluding hydrogens is 256 g/mol. The van der Waals surface area contributed by atoms with E-state index >= 15 is 0 Å². The molecule has 0 heterocycles. The molecule has 0 saturated carbocycles. The zero-order valence-electron chi connectivity index (χ0n) is 12.4.